The molecule has 2 nitrogen and oxygen atoms in total. The molecular formula is C14H12F3NO. The maximum atomic E-state index is 12.5. The SMILES string of the molecule is Nc1ccccc1OCc1cccc(C(F)(F)F)c1. The average molecular weight is 267 g/mol. The van der Waals surface area contributed by atoms with Crippen molar-refractivity contribution in [1.29, 1.82) is 0 Å². The van der Waals surface area contributed by atoms with E-state index in [1.807, 2.05) is 0 Å². The van der Waals surface area contributed by atoms with Crippen LogP contribution in [0.5, 0.6) is 5.75 Å². The number of rotatable bonds is 3. The molecule has 2 aromatic carbocycles. The van der Waals surface area contributed by atoms with E-state index in [1.54, 1.807) is 30.3 Å². The van der Waals surface area contributed by atoms with E-state index in [0.717, 1.165) is 12.1 Å². The number of halogens is 3. The summed E-state index contributed by atoms with van der Waals surface area (Å²) >= 11 is 0. The summed E-state index contributed by atoms with van der Waals surface area (Å²) in [6, 6.07) is 11.9. The molecule has 0 aromatic heterocycles. The zero-order valence-electron chi connectivity index (χ0n) is 9.95. The van der Waals surface area contributed by atoms with Crippen LogP contribution in [0.25, 0.3) is 0 Å². The lowest BCUT2D eigenvalue weighted by Crippen LogP contribution is -2.06. The van der Waals surface area contributed by atoms with Gasteiger partial charge in [-0.15, -0.1) is 0 Å². The number of ether oxygens (including phenoxy) is 1. The van der Waals surface area contributed by atoms with E-state index in [1.165, 1.54) is 6.07 Å². The summed E-state index contributed by atoms with van der Waals surface area (Å²) in [5, 5.41) is 0. The second-order valence-electron chi connectivity index (χ2n) is 4.02. The van der Waals surface area contributed by atoms with Gasteiger partial charge in [-0.3, -0.25) is 0 Å². The first-order valence-corrected chi connectivity index (χ1v) is 5.60. The fraction of sp³-hybridized carbons (Fsp3) is 0.143. The molecule has 0 saturated heterocycles. The predicted molar refractivity (Wildman–Crippen MR) is 66.6 cm³/mol. The van der Waals surface area contributed by atoms with Crippen molar-refractivity contribution in [3.8, 4) is 5.75 Å². The van der Waals surface area contributed by atoms with E-state index in [-0.39, 0.29) is 6.61 Å². The first-order chi connectivity index (χ1) is 8.97. The number of alkyl halides is 3. The minimum atomic E-state index is -4.35. The van der Waals surface area contributed by atoms with Crippen LogP contribution in [0.3, 0.4) is 0 Å². The van der Waals surface area contributed by atoms with Gasteiger partial charge in [0.25, 0.3) is 0 Å². The third-order valence-electron chi connectivity index (χ3n) is 2.57. The molecule has 0 spiro atoms. The number of para-hydroxylation sites is 2. The second-order valence-corrected chi connectivity index (χ2v) is 4.02. The van der Waals surface area contributed by atoms with Crippen molar-refractivity contribution in [2.24, 2.45) is 0 Å². The molecule has 2 rings (SSSR count). The van der Waals surface area contributed by atoms with Gasteiger partial charge < -0.3 is 10.5 Å². The predicted octanol–water partition coefficient (Wildman–Crippen LogP) is 3.87. The van der Waals surface area contributed by atoms with Crippen molar-refractivity contribution in [2.45, 2.75) is 12.8 Å². The van der Waals surface area contributed by atoms with Crippen LogP contribution >= 0.6 is 0 Å². The van der Waals surface area contributed by atoms with E-state index < -0.39 is 11.7 Å². The van der Waals surface area contributed by atoms with Crippen molar-refractivity contribution in [3.05, 3.63) is 59.7 Å². The van der Waals surface area contributed by atoms with Gasteiger partial charge in [-0.25, -0.2) is 0 Å². The summed E-state index contributed by atoms with van der Waals surface area (Å²) in [6.45, 7) is 0.0398. The standard InChI is InChI=1S/C14H12F3NO/c15-14(16,17)11-5-3-4-10(8-11)9-19-13-7-2-1-6-12(13)18/h1-8H,9,18H2. The van der Waals surface area contributed by atoms with Gasteiger partial charge in [0.1, 0.15) is 12.4 Å². The van der Waals surface area contributed by atoms with Crippen LogP contribution in [0.2, 0.25) is 0 Å². The van der Waals surface area contributed by atoms with E-state index >= 15 is 0 Å². The van der Waals surface area contributed by atoms with Gasteiger partial charge >= 0.3 is 6.18 Å². The summed E-state index contributed by atoms with van der Waals surface area (Å²) in [5.74, 6) is 0.458. The number of nitrogen functional groups attached to an aromatic ring is 1. The highest BCUT2D eigenvalue weighted by Gasteiger charge is 2.30. The van der Waals surface area contributed by atoms with E-state index in [4.69, 9.17) is 10.5 Å². The molecule has 0 bridgehead atoms. The summed E-state index contributed by atoms with van der Waals surface area (Å²) < 4.78 is 43.0. The molecule has 0 radical (unpaired) electrons. The van der Waals surface area contributed by atoms with Gasteiger partial charge in [0.2, 0.25) is 0 Å². The Bertz CT molecular complexity index is 567. The Kier molecular flexibility index (Phi) is 3.64. The lowest BCUT2D eigenvalue weighted by atomic mass is 10.1. The highest BCUT2D eigenvalue weighted by molar-refractivity contribution is 5.51. The molecule has 0 unspecified atom stereocenters. The van der Waals surface area contributed by atoms with Gasteiger partial charge in [-0.1, -0.05) is 24.3 Å². The number of benzene rings is 2. The largest absolute Gasteiger partial charge is 0.487 e. The number of hydrogen-bond donors (Lipinski definition) is 1. The number of anilines is 1. The van der Waals surface area contributed by atoms with E-state index in [0.29, 0.717) is 17.0 Å². The molecule has 5 heteroatoms. The summed E-state index contributed by atoms with van der Waals surface area (Å²) in [6.07, 6.45) is -4.35. The van der Waals surface area contributed by atoms with Crippen LogP contribution in [-0.4, -0.2) is 0 Å². The van der Waals surface area contributed by atoms with E-state index in [9.17, 15) is 13.2 Å². The van der Waals surface area contributed by atoms with Gasteiger partial charge in [-0.2, -0.15) is 13.2 Å². The first kappa shape index (κ1) is 13.3. The van der Waals surface area contributed by atoms with Crippen molar-refractivity contribution >= 4 is 5.69 Å². The number of nitrogens with two attached hydrogens (primary N) is 1. The average Bonchev–Trinajstić information content (AvgIpc) is 2.37. The van der Waals surface area contributed by atoms with Crippen LogP contribution in [0, 0.1) is 0 Å². The summed E-state index contributed by atoms with van der Waals surface area (Å²) in [4.78, 5) is 0. The quantitative estimate of drug-likeness (QED) is 0.857. The van der Waals surface area contributed by atoms with Gasteiger partial charge in [0.05, 0.1) is 11.3 Å². The van der Waals surface area contributed by atoms with Crippen molar-refractivity contribution in [1.82, 2.24) is 0 Å². The molecule has 2 aromatic rings. The first-order valence-electron chi connectivity index (χ1n) is 5.60. The molecule has 2 N–H and O–H groups in total. The Balaban J connectivity index is 2.10. The Labute approximate surface area is 108 Å². The molecule has 19 heavy (non-hydrogen) atoms. The van der Waals surface area contributed by atoms with Crippen LogP contribution in [0.4, 0.5) is 18.9 Å². The van der Waals surface area contributed by atoms with Crippen LogP contribution < -0.4 is 10.5 Å². The Morgan fingerprint density at radius 3 is 2.42 bits per heavy atom. The molecule has 0 aliphatic carbocycles. The summed E-state index contributed by atoms with van der Waals surface area (Å²) in [5.41, 5.74) is 5.89. The monoisotopic (exact) mass is 267 g/mol. The topological polar surface area (TPSA) is 35.2 Å². The Morgan fingerprint density at radius 2 is 1.74 bits per heavy atom. The van der Waals surface area contributed by atoms with Crippen LogP contribution in [0.1, 0.15) is 11.1 Å². The van der Waals surface area contributed by atoms with Gasteiger partial charge in [0.15, 0.2) is 0 Å². The Hall–Kier alpha value is -2.17. The second kappa shape index (κ2) is 5.22. The fourth-order valence-corrected chi connectivity index (χ4v) is 1.61. The Morgan fingerprint density at radius 1 is 1.00 bits per heavy atom. The summed E-state index contributed by atoms with van der Waals surface area (Å²) in [7, 11) is 0. The fourth-order valence-electron chi connectivity index (χ4n) is 1.61. The zero-order valence-corrected chi connectivity index (χ0v) is 9.95. The molecule has 0 amide bonds. The molecule has 0 saturated carbocycles. The lowest BCUT2D eigenvalue weighted by Gasteiger charge is -2.11. The zero-order chi connectivity index (χ0) is 13.9. The van der Waals surface area contributed by atoms with Crippen molar-refractivity contribution < 1.29 is 17.9 Å². The van der Waals surface area contributed by atoms with Crippen LogP contribution in [0.15, 0.2) is 48.5 Å². The molecule has 100 valence electrons. The van der Waals surface area contributed by atoms with E-state index in [2.05, 4.69) is 0 Å². The smallest absolute Gasteiger partial charge is 0.416 e. The van der Waals surface area contributed by atoms with Crippen molar-refractivity contribution in [3.63, 3.8) is 0 Å². The molecule has 0 aliphatic rings. The lowest BCUT2D eigenvalue weighted by molar-refractivity contribution is -0.137. The highest BCUT2D eigenvalue weighted by atomic mass is 19.4. The minimum absolute atomic E-state index is 0.0398. The minimum Gasteiger partial charge on any atom is -0.487 e. The van der Waals surface area contributed by atoms with Gasteiger partial charge in [0, 0.05) is 0 Å². The number of hydrogen-bond acceptors (Lipinski definition) is 2. The van der Waals surface area contributed by atoms with Crippen LogP contribution in [-0.2, 0) is 12.8 Å². The highest BCUT2D eigenvalue weighted by Crippen LogP contribution is 2.30. The molecule has 0 aliphatic heterocycles. The van der Waals surface area contributed by atoms with Crippen molar-refractivity contribution in [2.75, 3.05) is 5.73 Å². The molecule has 0 atom stereocenters. The molecule has 0 fully saturated rings. The molecular weight excluding hydrogens is 255 g/mol. The molecule has 0 heterocycles. The van der Waals surface area contributed by atoms with Gasteiger partial charge in [-0.05, 0) is 29.8 Å². The maximum absolute atomic E-state index is 12.5. The third-order valence-corrected chi connectivity index (χ3v) is 2.57. The third kappa shape index (κ3) is 3.40. The normalized spacial score (nSPS) is 11.3. The maximum Gasteiger partial charge on any atom is 0.416 e.